The van der Waals surface area contributed by atoms with Crippen molar-refractivity contribution in [2.75, 3.05) is 13.7 Å². The molecular weight excluding hydrogens is 280 g/mol. The van der Waals surface area contributed by atoms with E-state index in [9.17, 15) is 19.5 Å². The molecule has 0 saturated carbocycles. The third-order valence-corrected chi connectivity index (χ3v) is 2.77. The standard InChI is InChI=1S/C13H12N2O6/c1-21-10-5-7(2-3-9(10)16)4-8-12(19)15(6-11(17)18)13(20)14-8/h2-5,16H,6H2,1H3,(H,14,20)(H,17,18)/b8-4+. The number of amides is 3. The number of aliphatic carboxylic acids is 1. The summed E-state index contributed by atoms with van der Waals surface area (Å²) in [6.07, 6.45) is 1.37. The van der Waals surface area contributed by atoms with Gasteiger partial charge in [-0.3, -0.25) is 9.59 Å². The number of carbonyl (C=O) groups excluding carboxylic acids is 2. The van der Waals surface area contributed by atoms with Crippen LogP contribution in [0.2, 0.25) is 0 Å². The monoisotopic (exact) mass is 292 g/mol. The molecule has 3 amide bonds. The number of nitrogens with one attached hydrogen (secondary N) is 1. The van der Waals surface area contributed by atoms with E-state index in [1.807, 2.05) is 0 Å². The van der Waals surface area contributed by atoms with Gasteiger partial charge in [0.2, 0.25) is 0 Å². The molecule has 1 saturated heterocycles. The number of hydrogen-bond acceptors (Lipinski definition) is 5. The normalized spacial score (nSPS) is 16.2. The van der Waals surface area contributed by atoms with Crippen molar-refractivity contribution in [3.05, 3.63) is 29.5 Å². The summed E-state index contributed by atoms with van der Waals surface area (Å²) in [6.45, 7) is -0.707. The Labute approximate surface area is 119 Å². The van der Waals surface area contributed by atoms with Crippen molar-refractivity contribution < 1.29 is 29.3 Å². The number of ether oxygens (including phenoxy) is 1. The fraction of sp³-hybridized carbons (Fsp3) is 0.154. The molecule has 1 aromatic rings. The molecule has 1 aliphatic rings. The minimum Gasteiger partial charge on any atom is -0.504 e. The van der Waals surface area contributed by atoms with Crippen LogP contribution in [0.4, 0.5) is 4.79 Å². The minimum atomic E-state index is -1.29. The Kier molecular flexibility index (Phi) is 3.79. The first-order valence-corrected chi connectivity index (χ1v) is 5.85. The van der Waals surface area contributed by atoms with Gasteiger partial charge in [0.1, 0.15) is 12.2 Å². The molecule has 8 heteroatoms. The number of benzene rings is 1. The molecule has 1 aliphatic heterocycles. The zero-order valence-corrected chi connectivity index (χ0v) is 11.0. The van der Waals surface area contributed by atoms with E-state index in [4.69, 9.17) is 9.84 Å². The fourth-order valence-electron chi connectivity index (χ4n) is 1.80. The second-order valence-corrected chi connectivity index (χ2v) is 4.20. The van der Waals surface area contributed by atoms with Crippen LogP contribution >= 0.6 is 0 Å². The molecule has 1 heterocycles. The van der Waals surface area contributed by atoms with Gasteiger partial charge in [-0.1, -0.05) is 6.07 Å². The molecule has 0 spiro atoms. The van der Waals surface area contributed by atoms with E-state index in [2.05, 4.69) is 5.32 Å². The Hall–Kier alpha value is -3.03. The molecule has 0 bridgehead atoms. The van der Waals surface area contributed by atoms with Crippen LogP contribution in [-0.4, -0.2) is 46.7 Å². The lowest BCUT2D eigenvalue weighted by Crippen LogP contribution is -2.35. The van der Waals surface area contributed by atoms with Crippen LogP contribution in [0.25, 0.3) is 6.08 Å². The van der Waals surface area contributed by atoms with Gasteiger partial charge in [0, 0.05) is 0 Å². The fourth-order valence-corrected chi connectivity index (χ4v) is 1.80. The van der Waals surface area contributed by atoms with E-state index in [0.717, 1.165) is 0 Å². The molecule has 8 nitrogen and oxygen atoms in total. The number of phenols is 1. The van der Waals surface area contributed by atoms with E-state index in [1.165, 1.54) is 31.4 Å². The summed E-state index contributed by atoms with van der Waals surface area (Å²) < 4.78 is 4.93. The lowest BCUT2D eigenvalue weighted by molar-refractivity contribution is -0.140. The highest BCUT2D eigenvalue weighted by molar-refractivity contribution is 6.15. The molecule has 3 N–H and O–H groups in total. The second-order valence-electron chi connectivity index (χ2n) is 4.20. The highest BCUT2D eigenvalue weighted by Crippen LogP contribution is 2.27. The molecule has 0 radical (unpaired) electrons. The molecule has 2 rings (SSSR count). The number of hydrogen-bond donors (Lipinski definition) is 3. The van der Waals surface area contributed by atoms with Crippen molar-refractivity contribution in [3.63, 3.8) is 0 Å². The van der Waals surface area contributed by atoms with Gasteiger partial charge in [-0.25, -0.2) is 9.69 Å². The van der Waals surface area contributed by atoms with Crippen molar-refractivity contribution in [3.8, 4) is 11.5 Å². The number of carboxylic acids is 1. The number of carboxylic acid groups (broad SMARTS) is 1. The van der Waals surface area contributed by atoms with Crippen LogP contribution in [0.1, 0.15) is 5.56 Å². The Morgan fingerprint density at radius 1 is 1.43 bits per heavy atom. The molecule has 0 aromatic heterocycles. The first-order valence-electron chi connectivity index (χ1n) is 5.85. The van der Waals surface area contributed by atoms with Crippen LogP contribution in [0.5, 0.6) is 11.5 Å². The van der Waals surface area contributed by atoms with Gasteiger partial charge in [0.05, 0.1) is 7.11 Å². The van der Waals surface area contributed by atoms with Gasteiger partial charge in [-0.15, -0.1) is 0 Å². The van der Waals surface area contributed by atoms with Gasteiger partial charge >= 0.3 is 12.0 Å². The number of urea groups is 1. The first kappa shape index (κ1) is 14.4. The van der Waals surface area contributed by atoms with Crippen LogP contribution < -0.4 is 10.1 Å². The smallest absolute Gasteiger partial charge is 0.329 e. The van der Waals surface area contributed by atoms with E-state index >= 15 is 0 Å². The molecule has 0 atom stereocenters. The quantitative estimate of drug-likeness (QED) is 0.545. The zero-order chi connectivity index (χ0) is 15.6. The minimum absolute atomic E-state index is 0.0472. The predicted octanol–water partition coefficient (Wildman–Crippen LogP) is 0.378. The van der Waals surface area contributed by atoms with Crippen LogP contribution in [-0.2, 0) is 9.59 Å². The zero-order valence-electron chi connectivity index (χ0n) is 11.0. The number of aromatic hydroxyl groups is 1. The maximum atomic E-state index is 11.9. The first-order chi connectivity index (χ1) is 9.92. The second kappa shape index (κ2) is 5.53. The Morgan fingerprint density at radius 3 is 2.76 bits per heavy atom. The number of nitrogens with zero attached hydrogens (tertiary/aromatic N) is 1. The average Bonchev–Trinajstić information content (AvgIpc) is 2.68. The Balaban J connectivity index is 2.28. The van der Waals surface area contributed by atoms with Crippen LogP contribution in [0.15, 0.2) is 23.9 Å². The van der Waals surface area contributed by atoms with Crippen molar-refractivity contribution >= 4 is 24.0 Å². The summed E-state index contributed by atoms with van der Waals surface area (Å²) in [6, 6.07) is 3.58. The third kappa shape index (κ3) is 2.94. The SMILES string of the molecule is COc1cc(/C=C2/NC(=O)N(CC(=O)O)C2=O)ccc1O. The van der Waals surface area contributed by atoms with Gasteiger partial charge in [0.25, 0.3) is 5.91 Å². The van der Waals surface area contributed by atoms with E-state index in [-0.39, 0.29) is 17.2 Å². The highest BCUT2D eigenvalue weighted by Gasteiger charge is 2.34. The van der Waals surface area contributed by atoms with Crippen LogP contribution in [0, 0.1) is 0 Å². The maximum absolute atomic E-state index is 11.9. The lowest BCUT2D eigenvalue weighted by Gasteiger charge is -2.07. The lowest BCUT2D eigenvalue weighted by atomic mass is 10.1. The topological polar surface area (TPSA) is 116 Å². The number of phenolic OH excluding ortho intramolecular Hbond substituents is 1. The Morgan fingerprint density at radius 2 is 2.14 bits per heavy atom. The third-order valence-electron chi connectivity index (χ3n) is 2.77. The molecule has 0 unspecified atom stereocenters. The van der Waals surface area contributed by atoms with Crippen LogP contribution in [0.3, 0.4) is 0 Å². The Bertz CT molecular complexity index is 652. The van der Waals surface area contributed by atoms with Crippen molar-refractivity contribution in [1.82, 2.24) is 10.2 Å². The number of imide groups is 1. The van der Waals surface area contributed by atoms with E-state index in [1.54, 1.807) is 0 Å². The van der Waals surface area contributed by atoms with Gasteiger partial charge < -0.3 is 20.3 Å². The van der Waals surface area contributed by atoms with Crippen molar-refractivity contribution in [2.24, 2.45) is 0 Å². The average molecular weight is 292 g/mol. The van der Waals surface area contributed by atoms with Crippen molar-refractivity contribution in [1.29, 1.82) is 0 Å². The summed E-state index contributed by atoms with van der Waals surface area (Å²) in [7, 11) is 1.38. The van der Waals surface area contributed by atoms with E-state index in [0.29, 0.717) is 10.5 Å². The summed E-state index contributed by atoms with van der Waals surface area (Å²) >= 11 is 0. The molecule has 1 fully saturated rings. The summed E-state index contributed by atoms with van der Waals surface area (Å²) in [5.74, 6) is -1.86. The number of rotatable bonds is 4. The predicted molar refractivity (Wildman–Crippen MR) is 70.5 cm³/mol. The molecular formula is C13H12N2O6. The molecule has 21 heavy (non-hydrogen) atoms. The maximum Gasteiger partial charge on any atom is 0.329 e. The van der Waals surface area contributed by atoms with Crippen molar-refractivity contribution in [2.45, 2.75) is 0 Å². The van der Waals surface area contributed by atoms with Gasteiger partial charge in [-0.2, -0.15) is 0 Å². The summed E-state index contributed by atoms with van der Waals surface area (Å²) in [4.78, 5) is 34.6. The van der Waals surface area contributed by atoms with Gasteiger partial charge in [-0.05, 0) is 23.8 Å². The molecule has 110 valence electrons. The number of carbonyl (C=O) groups is 3. The summed E-state index contributed by atoms with van der Waals surface area (Å²) in [5, 5.41) is 20.4. The molecule has 0 aliphatic carbocycles. The van der Waals surface area contributed by atoms with E-state index < -0.39 is 24.5 Å². The van der Waals surface area contributed by atoms with Gasteiger partial charge in [0.15, 0.2) is 11.5 Å². The highest BCUT2D eigenvalue weighted by atomic mass is 16.5. The summed E-state index contributed by atoms with van der Waals surface area (Å²) in [5.41, 5.74) is 0.458. The molecule has 1 aromatic carbocycles. The number of methoxy groups -OCH3 is 1. The largest absolute Gasteiger partial charge is 0.504 e.